The number of nitrogens with one attached hydrogen (secondary N) is 1. The normalized spacial score (nSPS) is 26.3. The second-order valence-electron chi connectivity index (χ2n) is 5.23. The van der Waals surface area contributed by atoms with Gasteiger partial charge < -0.3 is 5.32 Å². The Balaban J connectivity index is 1.90. The summed E-state index contributed by atoms with van der Waals surface area (Å²) in [5.41, 5.74) is 0. The van der Waals surface area contributed by atoms with Gasteiger partial charge in [0, 0.05) is 19.4 Å². The maximum absolute atomic E-state index is 12.0. The van der Waals surface area contributed by atoms with Crippen LogP contribution in [0.5, 0.6) is 0 Å². The van der Waals surface area contributed by atoms with Crippen molar-refractivity contribution in [2.75, 3.05) is 7.05 Å². The quantitative estimate of drug-likeness (QED) is 0.740. The fourth-order valence-corrected chi connectivity index (χ4v) is 2.70. The number of hydrogen-bond acceptors (Lipinski definition) is 3. The highest BCUT2D eigenvalue weighted by atomic mass is 16.2. The van der Waals surface area contributed by atoms with Crippen molar-refractivity contribution < 1.29 is 14.4 Å². The molecule has 0 aromatic carbocycles. The first-order valence-corrected chi connectivity index (χ1v) is 6.70. The van der Waals surface area contributed by atoms with E-state index in [9.17, 15) is 14.4 Å². The van der Waals surface area contributed by atoms with E-state index in [-0.39, 0.29) is 23.6 Å². The summed E-state index contributed by atoms with van der Waals surface area (Å²) in [6.07, 6.45) is 5.98. The van der Waals surface area contributed by atoms with E-state index < -0.39 is 6.04 Å². The fourth-order valence-electron chi connectivity index (χ4n) is 2.70. The summed E-state index contributed by atoms with van der Waals surface area (Å²) in [6.45, 7) is 0. The van der Waals surface area contributed by atoms with Crippen molar-refractivity contribution in [2.24, 2.45) is 5.92 Å². The van der Waals surface area contributed by atoms with Gasteiger partial charge in [0.1, 0.15) is 6.04 Å². The molecule has 18 heavy (non-hydrogen) atoms. The van der Waals surface area contributed by atoms with Gasteiger partial charge in [0.15, 0.2) is 0 Å². The average Bonchev–Trinajstić information content (AvgIpc) is 2.40. The summed E-state index contributed by atoms with van der Waals surface area (Å²) in [6, 6.07) is -0.512. The number of amides is 3. The summed E-state index contributed by atoms with van der Waals surface area (Å²) in [4.78, 5) is 36.3. The molecule has 2 aliphatic rings. The minimum atomic E-state index is -0.512. The molecule has 1 atom stereocenters. The lowest BCUT2D eigenvalue weighted by molar-refractivity contribution is -0.149. The van der Waals surface area contributed by atoms with Crippen LogP contribution in [0, 0.1) is 5.92 Å². The second-order valence-corrected chi connectivity index (χ2v) is 5.23. The Bertz CT molecular complexity index is 361. The Morgan fingerprint density at radius 3 is 2.50 bits per heavy atom. The lowest BCUT2D eigenvalue weighted by Crippen LogP contribution is -2.54. The highest BCUT2D eigenvalue weighted by Crippen LogP contribution is 2.24. The van der Waals surface area contributed by atoms with E-state index in [1.54, 1.807) is 0 Å². The lowest BCUT2D eigenvalue weighted by atomic mass is 9.88. The van der Waals surface area contributed by atoms with Crippen LogP contribution in [0.25, 0.3) is 0 Å². The molecule has 0 spiro atoms. The van der Waals surface area contributed by atoms with Gasteiger partial charge >= 0.3 is 0 Å². The van der Waals surface area contributed by atoms with Gasteiger partial charge in [0.05, 0.1) is 0 Å². The molecule has 5 nitrogen and oxygen atoms in total. The number of nitrogens with zero attached hydrogens (tertiary/aromatic N) is 1. The van der Waals surface area contributed by atoms with Gasteiger partial charge in [-0.25, -0.2) is 0 Å². The number of imide groups is 1. The molecule has 1 saturated heterocycles. The average molecular weight is 252 g/mol. The molecule has 1 N–H and O–H groups in total. The van der Waals surface area contributed by atoms with Crippen molar-refractivity contribution in [3.05, 3.63) is 0 Å². The van der Waals surface area contributed by atoms with E-state index in [2.05, 4.69) is 5.32 Å². The molecule has 1 heterocycles. The third-order valence-corrected chi connectivity index (χ3v) is 3.94. The molecule has 100 valence electrons. The molecule has 2 fully saturated rings. The highest BCUT2D eigenvalue weighted by molar-refractivity contribution is 6.01. The predicted octanol–water partition coefficient (Wildman–Crippen LogP) is 0.830. The van der Waals surface area contributed by atoms with Gasteiger partial charge in [-0.2, -0.15) is 0 Å². The Morgan fingerprint density at radius 2 is 1.83 bits per heavy atom. The van der Waals surface area contributed by atoms with Gasteiger partial charge in [-0.1, -0.05) is 19.3 Å². The molecule has 5 heteroatoms. The highest BCUT2D eigenvalue weighted by Gasteiger charge is 2.34. The monoisotopic (exact) mass is 252 g/mol. The van der Waals surface area contributed by atoms with Crippen LogP contribution in [0.3, 0.4) is 0 Å². The SMILES string of the molecule is CN1C(=O)CC[C@@H](NC(=O)C2CCCCC2)C1=O. The summed E-state index contributed by atoms with van der Waals surface area (Å²) < 4.78 is 0. The molecule has 0 radical (unpaired) electrons. The van der Waals surface area contributed by atoms with E-state index in [4.69, 9.17) is 0 Å². The van der Waals surface area contributed by atoms with Crippen molar-refractivity contribution in [2.45, 2.75) is 51.0 Å². The van der Waals surface area contributed by atoms with Crippen molar-refractivity contribution in [3.63, 3.8) is 0 Å². The molecule has 1 aliphatic carbocycles. The first kappa shape index (κ1) is 13.1. The van der Waals surface area contributed by atoms with E-state index in [0.717, 1.165) is 30.6 Å². The molecule has 0 aromatic rings. The van der Waals surface area contributed by atoms with Crippen LogP contribution in [-0.4, -0.2) is 35.7 Å². The molecule has 0 aromatic heterocycles. The number of carbonyl (C=O) groups is 3. The van der Waals surface area contributed by atoms with Crippen LogP contribution in [-0.2, 0) is 14.4 Å². The van der Waals surface area contributed by atoms with Crippen LogP contribution >= 0.6 is 0 Å². The Hall–Kier alpha value is -1.39. The van der Waals surface area contributed by atoms with E-state index in [0.29, 0.717) is 12.8 Å². The van der Waals surface area contributed by atoms with Crippen molar-refractivity contribution in [1.82, 2.24) is 10.2 Å². The Kier molecular flexibility index (Phi) is 3.99. The zero-order chi connectivity index (χ0) is 13.1. The molecule has 1 saturated carbocycles. The smallest absolute Gasteiger partial charge is 0.251 e. The largest absolute Gasteiger partial charge is 0.344 e. The summed E-state index contributed by atoms with van der Waals surface area (Å²) in [5.74, 6) is -0.413. The van der Waals surface area contributed by atoms with Crippen LogP contribution in [0.2, 0.25) is 0 Å². The maximum atomic E-state index is 12.0. The number of likely N-dealkylation sites (tertiary alicyclic amines) is 1. The lowest BCUT2D eigenvalue weighted by Gasteiger charge is -2.30. The number of piperidine rings is 1. The van der Waals surface area contributed by atoms with Crippen molar-refractivity contribution in [3.8, 4) is 0 Å². The van der Waals surface area contributed by atoms with Gasteiger partial charge in [-0.15, -0.1) is 0 Å². The van der Waals surface area contributed by atoms with Crippen LogP contribution in [0.1, 0.15) is 44.9 Å². The maximum Gasteiger partial charge on any atom is 0.251 e. The molecular weight excluding hydrogens is 232 g/mol. The predicted molar refractivity (Wildman–Crippen MR) is 65.5 cm³/mol. The van der Waals surface area contributed by atoms with Crippen molar-refractivity contribution in [1.29, 1.82) is 0 Å². The zero-order valence-corrected chi connectivity index (χ0v) is 10.8. The minimum Gasteiger partial charge on any atom is -0.344 e. The third-order valence-electron chi connectivity index (χ3n) is 3.94. The van der Waals surface area contributed by atoms with Gasteiger partial charge in [-0.3, -0.25) is 19.3 Å². The van der Waals surface area contributed by atoms with Crippen molar-refractivity contribution >= 4 is 17.7 Å². The molecular formula is C13H20N2O3. The molecule has 1 aliphatic heterocycles. The number of rotatable bonds is 2. The fraction of sp³-hybridized carbons (Fsp3) is 0.769. The number of likely N-dealkylation sites (N-methyl/N-ethyl adjacent to an activating group) is 1. The topological polar surface area (TPSA) is 66.5 Å². The molecule has 2 rings (SSSR count). The third kappa shape index (κ3) is 2.71. The van der Waals surface area contributed by atoms with Crippen LogP contribution in [0.15, 0.2) is 0 Å². The first-order chi connectivity index (χ1) is 8.59. The summed E-state index contributed by atoms with van der Waals surface area (Å²) in [5, 5.41) is 2.81. The zero-order valence-electron chi connectivity index (χ0n) is 10.8. The number of hydrogen-bond donors (Lipinski definition) is 1. The Labute approximate surface area is 107 Å². The standard InChI is InChI=1S/C13H20N2O3/c1-15-11(16)8-7-10(13(15)18)14-12(17)9-5-3-2-4-6-9/h9-10H,2-8H2,1H3,(H,14,17)/t10-/m1/s1. The van der Waals surface area contributed by atoms with Gasteiger partial charge in [0.2, 0.25) is 11.8 Å². The Morgan fingerprint density at radius 1 is 1.17 bits per heavy atom. The van der Waals surface area contributed by atoms with E-state index in [1.807, 2.05) is 0 Å². The number of carbonyl (C=O) groups excluding carboxylic acids is 3. The summed E-state index contributed by atoms with van der Waals surface area (Å²) >= 11 is 0. The van der Waals surface area contributed by atoms with E-state index >= 15 is 0 Å². The molecule has 0 unspecified atom stereocenters. The first-order valence-electron chi connectivity index (χ1n) is 6.70. The summed E-state index contributed by atoms with van der Waals surface area (Å²) in [7, 11) is 1.48. The van der Waals surface area contributed by atoms with Gasteiger partial charge in [-0.05, 0) is 19.3 Å². The second kappa shape index (κ2) is 5.50. The molecule has 3 amide bonds. The minimum absolute atomic E-state index is 0.0178. The van der Waals surface area contributed by atoms with Crippen LogP contribution in [0.4, 0.5) is 0 Å². The van der Waals surface area contributed by atoms with Crippen LogP contribution < -0.4 is 5.32 Å². The molecule has 0 bridgehead atoms. The van der Waals surface area contributed by atoms with E-state index in [1.165, 1.54) is 13.5 Å². The van der Waals surface area contributed by atoms with Gasteiger partial charge in [0.25, 0.3) is 5.91 Å².